The molecular formula is C18H24N4O2. The van der Waals surface area contributed by atoms with Crippen LogP contribution in [0, 0.1) is 0 Å². The molecular weight excluding hydrogens is 304 g/mol. The molecule has 6 heteroatoms. The predicted molar refractivity (Wildman–Crippen MR) is 92.3 cm³/mol. The van der Waals surface area contributed by atoms with Crippen molar-refractivity contribution in [3.63, 3.8) is 0 Å². The third-order valence-electron chi connectivity index (χ3n) is 5.22. The molecule has 2 saturated heterocycles. The van der Waals surface area contributed by atoms with Crippen LogP contribution in [0.3, 0.4) is 0 Å². The molecule has 0 bridgehead atoms. The standard InChI is InChI=1S/C18H24N4O2/c1-13-11-15(21-9-3-4-10-21)12-22(13)18-19-17(20-24-18)14-5-7-16(23-2)8-6-14/h5-8,13,15H,3-4,9-12H2,1-2H3. The Labute approximate surface area is 142 Å². The topological polar surface area (TPSA) is 54.6 Å². The second-order valence-corrected chi connectivity index (χ2v) is 6.76. The highest BCUT2D eigenvalue weighted by atomic mass is 16.5. The van der Waals surface area contributed by atoms with Crippen molar-refractivity contribution in [2.45, 2.75) is 38.3 Å². The Morgan fingerprint density at radius 1 is 1.17 bits per heavy atom. The summed E-state index contributed by atoms with van der Waals surface area (Å²) >= 11 is 0. The van der Waals surface area contributed by atoms with E-state index in [0.717, 1.165) is 17.9 Å². The fraction of sp³-hybridized carbons (Fsp3) is 0.556. The van der Waals surface area contributed by atoms with E-state index in [1.54, 1.807) is 7.11 Å². The number of benzene rings is 1. The summed E-state index contributed by atoms with van der Waals surface area (Å²) < 4.78 is 10.7. The molecule has 2 aliphatic heterocycles. The molecule has 3 heterocycles. The first-order valence-electron chi connectivity index (χ1n) is 8.73. The van der Waals surface area contributed by atoms with Gasteiger partial charge in [0.2, 0.25) is 5.82 Å². The second kappa shape index (κ2) is 6.43. The first kappa shape index (κ1) is 15.4. The van der Waals surface area contributed by atoms with E-state index in [4.69, 9.17) is 9.26 Å². The number of hydrogen-bond acceptors (Lipinski definition) is 6. The van der Waals surface area contributed by atoms with E-state index in [1.807, 2.05) is 24.3 Å². The molecule has 0 saturated carbocycles. The van der Waals surface area contributed by atoms with Crippen LogP contribution in [0.1, 0.15) is 26.2 Å². The van der Waals surface area contributed by atoms with Gasteiger partial charge in [0, 0.05) is 24.2 Å². The van der Waals surface area contributed by atoms with E-state index in [1.165, 1.54) is 32.4 Å². The zero-order chi connectivity index (χ0) is 16.5. The van der Waals surface area contributed by atoms with Crippen molar-refractivity contribution < 1.29 is 9.26 Å². The molecule has 6 nitrogen and oxygen atoms in total. The molecule has 0 aliphatic carbocycles. The Bertz CT molecular complexity index is 679. The lowest BCUT2D eigenvalue weighted by atomic mass is 10.2. The molecule has 1 aromatic heterocycles. The Morgan fingerprint density at radius 3 is 2.62 bits per heavy atom. The third-order valence-corrected chi connectivity index (χ3v) is 5.22. The molecule has 4 rings (SSSR count). The Hall–Kier alpha value is -2.08. The van der Waals surface area contributed by atoms with Crippen molar-refractivity contribution in [1.82, 2.24) is 15.0 Å². The number of nitrogens with zero attached hydrogens (tertiary/aromatic N) is 4. The predicted octanol–water partition coefficient (Wildman–Crippen LogP) is 2.81. The molecule has 2 aliphatic rings. The van der Waals surface area contributed by atoms with Crippen LogP contribution in [-0.4, -0.2) is 53.9 Å². The van der Waals surface area contributed by atoms with Gasteiger partial charge in [-0.25, -0.2) is 0 Å². The summed E-state index contributed by atoms with van der Waals surface area (Å²) in [5.41, 5.74) is 0.939. The van der Waals surface area contributed by atoms with Crippen LogP contribution in [0.15, 0.2) is 28.8 Å². The van der Waals surface area contributed by atoms with Gasteiger partial charge in [0.1, 0.15) is 5.75 Å². The average Bonchev–Trinajstić information content (AvgIpc) is 3.35. The molecule has 1 aromatic carbocycles. The van der Waals surface area contributed by atoms with Crippen molar-refractivity contribution >= 4 is 6.01 Å². The Kier molecular flexibility index (Phi) is 4.14. The lowest BCUT2D eigenvalue weighted by Crippen LogP contribution is -2.35. The van der Waals surface area contributed by atoms with Gasteiger partial charge >= 0.3 is 6.01 Å². The van der Waals surface area contributed by atoms with E-state index in [2.05, 4.69) is 26.9 Å². The molecule has 2 unspecified atom stereocenters. The fourth-order valence-electron chi connectivity index (χ4n) is 3.83. The summed E-state index contributed by atoms with van der Waals surface area (Å²) in [5, 5.41) is 4.16. The molecule has 2 aromatic rings. The largest absolute Gasteiger partial charge is 0.497 e. The second-order valence-electron chi connectivity index (χ2n) is 6.76. The Morgan fingerprint density at radius 2 is 1.92 bits per heavy atom. The lowest BCUT2D eigenvalue weighted by Gasteiger charge is -2.22. The monoisotopic (exact) mass is 328 g/mol. The molecule has 0 amide bonds. The minimum Gasteiger partial charge on any atom is -0.497 e. The van der Waals surface area contributed by atoms with E-state index in [-0.39, 0.29) is 0 Å². The van der Waals surface area contributed by atoms with Crippen LogP contribution in [0.5, 0.6) is 5.75 Å². The van der Waals surface area contributed by atoms with Gasteiger partial charge < -0.3 is 14.2 Å². The minimum atomic E-state index is 0.430. The van der Waals surface area contributed by atoms with Crippen molar-refractivity contribution in [2.75, 3.05) is 31.6 Å². The summed E-state index contributed by atoms with van der Waals surface area (Å²) in [6.45, 7) is 5.68. The average molecular weight is 328 g/mol. The van der Waals surface area contributed by atoms with Crippen molar-refractivity contribution in [3.05, 3.63) is 24.3 Å². The lowest BCUT2D eigenvalue weighted by molar-refractivity contribution is 0.256. The normalized spacial score (nSPS) is 24.7. The molecule has 24 heavy (non-hydrogen) atoms. The van der Waals surface area contributed by atoms with E-state index in [0.29, 0.717) is 23.9 Å². The Balaban J connectivity index is 1.49. The van der Waals surface area contributed by atoms with Gasteiger partial charge in [-0.3, -0.25) is 4.90 Å². The van der Waals surface area contributed by atoms with E-state index in [9.17, 15) is 0 Å². The van der Waals surface area contributed by atoms with Gasteiger partial charge in [0.25, 0.3) is 0 Å². The van der Waals surface area contributed by atoms with Crippen LogP contribution in [0.2, 0.25) is 0 Å². The van der Waals surface area contributed by atoms with Gasteiger partial charge in [0.15, 0.2) is 0 Å². The fourth-order valence-corrected chi connectivity index (χ4v) is 3.83. The van der Waals surface area contributed by atoms with Crippen LogP contribution < -0.4 is 9.64 Å². The van der Waals surface area contributed by atoms with Crippen molar-refractivity contribution in [3.8, 4) is 17.1 Å². The van der Waals surface area contributed by atoms with Gasteiger partial charge in [-0.1, -0.05) is 5.16 Å². The first-order chi connectivity index (χ1) is 11.7. The molecule has 0 radical (unpaired) electrons. The number of rotatable bonds is 4. The van der Waals surface area contributed by atoms with Gasteiger partial charge in [0.05, 0.1) is 7.11 Å². The SMILES string of the molecule is COc1ccc(-c2noc(N3CC(N4CCCC4)CC3C)n2)cc1. The number of ether oxygens (including phenoxy) is 1. The van der Waals surface area contributed by atoms with E-state index < -0.39 is 0 Å². The molecule has 0 spiro atoms. The number of anilines is 1. The molecule has 0 N–H and O–H groups in total. The maximum absolute atomic E-state index is 5.56. The highest BCUT2D eigenvalue weighted by Gasteiger charge is 2.36. The van der Waals surface area contributed by atoms with E-state index >= 15 is 0 Å². The maximum Gasteiger partial charge on any atom is 0.324 e. The summed E-state index contributed by atoms with van der Waals surface area (Å²) in [6.07, 6.45) is 3.82. The van der Waals surface area contributed by atoms with Crippen LogP contribution in [-0.2, 0) is 0 Å². The third kappa shape index (κ3) is 2.86. The van der Waals surface area contributed by atoms with Gasteiger partial charge in [-0.2, -0.15) is 4.98 Å². The smallest absolute Gasteiger partial charge is 0.324 e. The zero-order valence-corrected chi connectivity index (χ0v) is 14.3. The molecule has 2 atom stereocenters. The quantitative estimate of drug-likeness (QED) is 0.860. The van der Waals surface area contributed by atoms with Gasteiger partial charge in [-0.05, 0) is 63.5 Å². The summed E-state index contributed by atoms with van der Waals surface area (Å²) in [4.78, 5) is 9.48. The molecule has 128 valence electrons. The summed E-state index contributed by atoms with van der Waals surface area (Å²) in [5.74, 6) is 1.45. The van der Waals surface area contributed by atoms with Gasteiger partial charge in [-0.15, -0.1) is 0 Å². The number of aromatic nitrogens is 2. The number of likely N-dealkylation sites (tertiary alicyclic amines) is 1. The molecule has 2 fully saturated rings. The summed E-state index contributed by atoms with van der Waals surface area (Å²) in [6, 6.07) is 9.40. The van der Waals surface area contributed by atoms with Crippen LogP contribution in [0.4, 0.5) is 6.01 Å². The van der Waals surface area contributed by atoms with Crippen molar-refractivity contribution in [1.29, 1.82) is 0 Å². The van der Waals surface area contributed by atoms with Crippen molar-refractivity contribution in [2.24, 2.45) is 0 Å². The first-order valence-corrected chi connectivity index (χ1v) is 8.73. The number of hydrogen-bond donors (Lipinski definition) is 0. The highest BCUT2D eigenvalue weighted by Crippen LogP contribution is 2.30. The number of methoxy groups -OCH3 is 1. The maximum atomic E-state index is 5.56. The summed E-state index contributed by atoms with van der Waals surface area (Å²) in [7, 11) is 1.66. The minimum absolute atomic E-state index is 0.430. The van der Waals surface area contributed by atoms with Crippen LogP contribution >= 0.6 is 0 Å². The zero-order valence-electron chi connectivity index (χ0n) is 14.3. The highest BCUT2D eigenvalue weighted by molar-refractivity contribution is 5.57. The van der Waals surface area contributed by atoms with Crippen LogP contribution in [0.25, 0.3) is 11.4 Å².